The zero-order valence-electron chi connectivity index (χ0n) is 16.9. The Labute approximate surface area is 222 Å². The Balaban J connectivity index is 1.49. The predicted octanol–water partition coefficient (Wildman–Crippen LogP) is 7.98. The molecule has 0 unspecified atom stereocenters. The third-order valence-electron chi connectivity index (χ3n) is 4.74. The molecule has 1 heterocycles. The minimum Gasteiger partial charge on any atom is -0.487 e. The lowest BCUT2D eigenvalue weighted by Crippen LogP contribution is -2.27. The minimum atomic E-state index is -0.319. The first-order valence-corrected chi connectivity index (χ1v) is 12.8. The van der Waals surface area contributed by atoms with Gasteiger partial charge in [0.25, 0.3) is 5.91 Å². The van der Waals surface area contributed by atoms with Crippen molar-refractivity contribution in [3.63, 3.8) is 0 Å². The van der Waals surface area contributed by atoms with Crippen LogP contribution in [0.25, 0.3) is 6.08 Å². The number of halogens is 4. The Kier molecular flexibility index (Phi) is 7.91. The summed E-state index contributed by atoms with van der Waals surface area (Å²) in [6.45, 7) is 0.683. The van der Waals surface area contributed by atoms with Crippen molar-refractivity contribution in [3.8, 4) is 5.75 Å². The largest absolute Gasteiger partial charge is 0.487 e. The van der Waals surface area contributed by atoms with E-state index in [9.17, 15) is 9.18 Å². The van der Waals surface area contributed by atoms with E-state index in [1.54, 1.807) is 18.2 Å². The first kappa shape index (κ1) is 24.4. The Morgan fingerprint density at radius 1 is 1.03 bits per heavy atom. The van der Waals surface area contributed by atoms with Gasteiger partial charge in [-0.3, -0.25) is 9.69 Å². The predicted molar refractivity (Wildman–Crippen MR) is 143 cm³/mol. The number of benzene rings is 3. The molecule has 0 spiro atoms. The van der Waals surface area contributed by atoms with Gasteiger partial charge in [0.1, 0.15) is 22.5 Å². The Morgan fingerprint density at radius 2 is 1.64 bits per heavy atom. The summed E-state index contributed by atoms with van der Waals surface area (Å²) >= 11 is 19.7. The van der Waals surface area contributed by atoms with Crippen LogP contribution in [-0.4, -0.2) is 15.1 Å². The van der Waals surface area contributed by atoms with E-state index in [4.69, 9.17) is 28.6 Å². The summed E-state index contributed by atoms with van der Waals surface area (Å²) in [5, 5.41) is 0.675. The van der Waals surface area contributed by atoms with Crippen LogP contribution in [0.3, 0.4) is 0 Å². The molecular weight excluding hydrogens is 613 g/mol. The molecule has 0 bridgehead atoms. The van der Waals surface area contributed by atoms with Gasteiger partial charge < -0.3 is 4.74 Å². The maximum Gasteiger partial charge on any atom is 0.266 e. The van der Waals surface area contributed by atoms with E-state index in [1.807, 2.05) is 36.4 Å². The van der Waals surface area contributed by atoms with Crippen LogP contribution in [0.5, 0.6) is 5.75 Å². The molecule has 168 valence electrons. The highest BCUT2D eigenvalue weighted by molar-refractivity contribution is 9.11. The monoisotopic (exact) mass is 625 g/mol. The van der Waals surface area contributed by atoms with Gasteiger partial charge in [0, 0.05) is 5.02 Å². The van der Waals surface area contributed by atoms with E-state index in [-0.39, 0.29) is 11.7 Å². The molecule has 9 heteroatoms. The lowest BCUT2D eigenvalue weighted by Gasteiger charge is -2.14. The quantitative estimate of drug-likeness (QED) is 0.205. The Bertz CT molecular complexity index is 1230. The number of rotatable bonds is 6. The molecule has 1 amide bonds. The molecule has 33 heavy (non-hydrogen) atoms. The zero-order chi connectivity index (χ0) is 23.5. The number of carbonyl (C=O) groups is 1. The summed E-state index contributed by atoms with van der Waals surface area (Å²) in [5.41, 5.74) is 2.61. The van der Waals surface area contributed by atoms with E-state index in [0.29, 0.717) is 33.1 Å². The van der Waals surface area contributed by atoms with Gasteiger partial charge in [0.05, 0.1) is 20.4 Å². The van der Waals surface area contributed by atoms with Crippen LogP contribution in [0, 0.1) is 5.82 Å². The van der Waals surface area contributed by atoms with Gasteiger partial charge in [-0.1, -0.05) is 59.8 Å². The van der Waals surface area contributed by atoms with Crippen molar-refractivity contribution in [2.24, 2.45) is 0 Å². The second kappa shape index (κ2) is 10.7. The molecular formula is C24H15Br2ClFNO2S2. The summed E-state index contributed by atoms with van der Waals surface area (Å²) in [4.78, 5) is 15.0. The lowest BCUT2D eigenvalue weighted by atomic mass is 10.2. The Hall–Kier alpha value is -1.71. The van der Waals surface area contributed by atoms with Crippen molar-refractivity contribution in [1.29, 1.82) is 0 Å². The van der Waals surface area contributed by atoms with E-state index < -0.39 is 0 Å². The topological polar surface area (TPSA) is 29.5 Å². The molecule has 1 aliphatic rings. The van der Waals surface area contributed by atoms with Crippen molar-refractivity contribution < 1.29 is 13.9 Å². The standard InChI is InChI=1S/C24H15Br2ClFNO2S2/c25-19-9-16(10-20(26)22(19)31-13-15-1-5-17(27)6-2-15)11-21-23(30)29(24(32)33-21)12-14-3-7-18(28)8-4-14/h1-11H,12-13H2/b21-11-. The highest BCUT2D eigenvalue weighted by atomic mass is 79.9. The fraction of sp³-hybridized carbons (Fsp3) is 0.0833. The average Bonchev–Trinajstić information content (AvgIpc) is 3.03. The first-order valence-electron chi connectivity index (χ1n) is 9.66. The van der Waals surface area contributed by atoms with Gasteiger partial charge in [-0.25, -0.2) is 4.39 Å². The highest BCUT2D eigenvalue weighted by Crippen LogP contribution is 2.38. The van der Waals surface area contributed by atoms with E-state index in [2.05, 4.69) is 31.9 Å². The molecule has 1 fully saturated rings. The van der Waals surface area contributed by atoms with Crippen molar-refractivity contribution in [1.82, 2.24) is 4.90 Å². The SMILES string of the molecule is O=C1/C(=C/c2cc(Br)c(OCc3ccc(Cl)cc3)c(Br)c2)SC(=S)N1Cc1ccc(F)cc1. The van der Waals surface area contributed by atoms with Gasteiger partial charge >= 0.3 is 0 Å². The molecule has 0 radical (unpaired) electrons. The molecule has 4 rings (SSSR count). The van der Waals surface area contributed by atoms with Gasteiger partial charge in [0.2, 0.25) is 0 Å². The van der Waals surface area contributed by atoms with Crippen LogP contribution < -0.4 is 4.74 Å². The summed E-state index contributed by atoms with van der Waals surface area (Å²) in [6, 6.07) is 17.3. The van der Waals surface area contributed by atoms with Crippen molar-refractivity contribution >= 4 is 83.7 Å². The second-order valence-corrected chi connectivity index (χ2v) is 10.9. The molecule has 1 saturated heterocycles. The van der Waals surface area contributed by atoms with E-state index >= 15 is 0 Å². The van der Waals surface area contributed by atoms with Crippen LogP contribution in [-0.2, 0) is 17.9 Å². The van der Waals surface area contributed by atoms with Gasteiger partial charge in [-0.2, -0.15) is 0 Å². The summed E-state index contributed by atoms with van der Waals surface area (Å²) in [7, 11) is 0. The van der Waals surface area contributed by atoms with Crippen LogP contribution >= 0.6 is 67.4 Å². The number of hydrogen-bond acceptors (Lipinski definition) is 4. The number of hydrogen-bond donors (Lipinski definition) is 0. The van der Waals surface area contributed by atoms with Crippen LogP contribution in [0.4, 0.5) is 4.39 Å². The molecule has 1 aliphatic heterocycles. The molecule has 3 aromatic carbocycles. The zero-order valence-corrected chi connectivity index (χ0v) is 22.4. The van der Waals surface area contributed by atoms with Gasteiger partial charge in [-0.05, 0) is 91.0 Å². The Morgan fingerprint density at radius 3 is 2.27 bits per heavy atom. The van der Waals surface area contributed by atoms with Crippen molar-refractivity contribution in [3.05, 3.63) is 102 Å². The second-order valence-electron chi connectivity index (χ2n) is 7.12. The normalized spacial score (nSPS) is 14.9. The van der Waals surface area contributed by atoms with Crippen LogP contribution in [0.15, 0.2) is 74.5 Å². The fourth-order valence-corrected chi connectivity index (χ4v) is 5.93. The van der Waals surface area contributed by atoms with E-state index in [0.717, 1.165) is 25.6 Å². The minimum absolute atomic E-state index is 0.176. The molecule has 0 N–H and O–H groups in total. The molecule has 3 aromatic rings. The lowest BCUT2D eigenvalue weighted by molar-refractivity contribution is -0.122. The van der Waals surface area contributed by atoms with Crippen LogP contribution in [0.1, 0.15) is 16.7 Å². The number of amides is 1. The van der Waals surface area contributed by atoms with Gasteiger partial charge in [0.15, 0.2) is 0 Å². The smallest absolute Gasteiger partial charge is 0.266 e. The van der Waals surface area contributed by atoms with E-state index in [1.165, 1.54) is 28.8 Å². The van der Waals surface area contributed by atoms with Gasteiger partial charge in [-0.15, -0.1) is 0 Å². The molecule has 0 aromatic heterocycles. The first-order chi connectivity index (χ1) is 15.8. The maximum absolute atomic E-state index is 13.2. The third-order valence-corrected chi connectivity index (χ3v) is 7.55. The highest BCUT2D eigenvalue weighted by Gasteiger charge is 2.32. The number of ether oxygens (including phenoxy) is 1. The third kappa shape index (κ3) is 6.05. The molecule has 0 saturated carbocycles. The number of thioether (sulfide) groups is 1. The summed E-state index contributed by atoms with van der Waals surface area (Å²) in [6.07, 6.45) is 1.79. The average molecular weight is 628 g/mol. The van der Waals surface area contributed by atoms with Crippen molar-refractivity contribution in [2.45, 2.75) is 13.2 Å². The van der Waals surface area contributed by atoms with Crippen LogP contribution in [0.2, 0.25) is 5.02 Å². The van der Waals surface area contributed by atoms with Crippen molar-refractivity contribution in [2.75, 3.05) is 0 Å². The molecule has 0 atom stereocenters. The molecule has 3 nitrogen and oxygen atoms in total. The number of thiocarbonyl (C=S) groups is 1. The molecule has 0 aliphatic carbocycles. The number of nitrogens with zero attached hydrogens (tertiary/aromatic N) is 1. The summed E-state index contributed by atoms with van der Waals surface area (Å²) in [5.74, 6) is 0.163. The summed E-state index contributed by atoms with van der Waals surface area (Å²) < 4.78 is 21.1. The fourth-order valence-electron chi connectivity index (χ4n) is 3.10. The maximum atomic E-state index is 13.2. The number of carbonyl (C=O) groups excluding carboxylic acids is 1.